The summed E-state index contributed by atoms with van der Waals surface area (Å²) in [5.74, 6) is 0.0369. The van der Waals surface area contributed by atoms with Crippen molar-refractivity contribution in [2.24, 2.45) is 5.92 Å². The molecular formula is C25H37FN4O2. The summed E-state index contributed by atoms with van der Waals surface area (Å²) in [7, 11) is 3.53. The smallest absolute Gasteiger partial charge is 0.243 e. The number of likely N-dealkylation sites (N-methyl/N-ethyl adjacent to an activating group) is 1. The highest BCUT2D eigenvalue weighted by molar-refractivity contribution is 5.89. The topological polar surface area (TPSA) is 64.7 Å². The monoisotopic (exact) mass is 444 g/mol. The summed E-state index contributed by atoms with van der Waals surface area (Å²) in [6.07, 6.45) is 7.47. The highest BCUT2D eigenvalue weighted by atomic mass is 19.1. The molecule has 6 nitrogen and oxygen atoms in total. The summed E-state index contributed by atoms with van der Waals surface area (Å²) in [5, 5.41) is 6.66. The van der Waals surface area contributed by atoms with E-state index in [0.29, 0.717) is 24.6 Å². The number of likely N-dealkylation sites (tertiary alicyclic amines) is 1. The van der Waals surface area contributed by atoms with Crippen molar-refractivity contribution < 1.29 is 14.0 Å². The van der Waals surface area contributed by atoms with Gasteiger partial charge in [0.2, 0.25) is 11.8 Å². The Morgan fingerprint density at radius 1 is 1.16 bits per heavy atom. The molecule has 1 aromatic carbocycles. The van der Waals surface area contributed by atoms with Crippen molar-refractivity contribution in [2.75, 3.05) is 39.0 Å². The van der Waals surface area contributed by atoms with Crippen LogP contribution in [0.2, 0.25) is 0 Å². The number of anilines is 1. The van der Waals surface area contributed by atoms with E-state index in [1.54, 1.807) is 31.1 Å². The molecule has 1 saturated heterocycles. The Kier molecular flexibility index (Phi) is 7.03. The van der Waals surface area contributed by atoms with Gasteiger partial charge < -0.3 is 15.5 Å². The van der Waals surface area contributed by atoms with E-state index in [4.69, 9.17) is 0 Å². The zero-order valence-electron chi connectivity index (χ0n) is 19.6. The Labute approximate surface area is 190 Å². The van der Waals surface area contributed by atoms with Crippen molar-refractivity contribution in [2.45, 2.75) is 69.9 Å². The van der Waals surface area contributed by atoms with Gasteiger partial charge in [-0.2, -0.15) is 0 Å². The predicted octanol–water partition coefficient (Wildman–Crippen LogP) is 3.26. The molecule has 1 aliphatic carbocycles. The van der Waals surface area contributed by atoms with Gasteiger partial charge in [-0.05, 0) is 56.7 Å². The molecule has 1 saturated carbocycles. The van der Waals surface area contributed by atoms with E-state index in [1.165, 1.54) is 6.42 Å². The van der Waals surface area contributed by atoms with E-state index in [0.717, 1.165) is 56.3 Å². The van der Waals surface area contributed by atoms with Crippen molar-refractivity contribution in [3.8, 4) is 0 Å². The van der Waals surface area contributed by atoms with E-state index < -0.39 is 6.04 Å². The Morgan fingerprint density at radius 3 is 2.62 bits per heavy atom. The maximum atomic E-state index is 15.0. The van der Waals surface area contributed by atoms with Gasteiger partial charge in [0.15, 0.2) is 0 Å². The number of piperidine rings is 1. The highest BCUT2D eigenvalue weighted by Gasteiger charge is 2.44. The number of hydrogen-bond donors (Lipinski definition) is 2. The third kappa shape index (κ3) is 4.77. The summed E-state index contributed by atoms with van der Waals surface area (Å²) in [4.78, 5) is 29.3. The number of amides is 2. The van der Waals surface area contributed by atoms with Gasteiger partial charge in [0.1, 0.15) is 11.9 Å². The number of benzene rings is 1. The standard InChI is InChI=1S/C25H37FN4O2/c1-16-11-12-19(26)22-21(17-8-5-4-6-9-17)24(28-23(16)22)25(32)27-18-10-7-13-30(14-18)15-20(31)29(2)3/h11-12,17-18,21,24,28H,4-10,13-15H2,1-3H3,(H,27,32). The van der Waals surface area contributed by atoms with Crippen molar-refractivity contribution in [3.63, 3.8) is 0 Å². The van der Waals surface area contributed by atoms with Crippen LogP contribution in [0.3, 0.4) is 0 Å². The van der Waals surface area contributed by atoms with Gasteiger partial charge in [-0.1, -0.05) is 25.3 Å². The summed E-state index contributed by atoms with van der Waals surface area (Å²) in [5.41, 5.74) is 2.50. The Hall–Kier alpha value is -2.15. The van der Waals surface area contributed by atoms with Gasteiger partial charge in [-0.3, -0.25) is 14.5 Å². The number of aryl methyl sites for hydroxylation is 1. The first-order chi connectivity index (χ1) is 15.3. The first-order valence-corrected chi connectivity index (χ1v) is 12.1. The van der Waals surface area contributed by atoms with Crippen molar-refractivity contribution >= 4 is 17.5 Å². The summed E-state index contributed by atoms with van der Waals surface area (Å²) < 4.78 is 15.0. The molecule has 0 bridgehead atoms. The van der Waals surface area contributed by atoms with E-state index in [1.807, 2.05) is 6.92 Å². The van der Waals surface area contributed by atoms with E-state index in [9.17, 15) is 14.0 Å². The van der Waals surface area contributed by atoms with Crippen molar-refractivity contribution in [1.82, 2.24) is 15.1 Å². The Bertz CT molecular complexity index is 853. The molecule has 7 heteroatoms. The fourth-order valence-corrected chi connectivity index (χ4v) is 5.80. The average molecular weight is 445 g/mol. The molecule has 1 aromatic rings. The first kappa shape index (κ1) is 23.0. The molecule has 2 N–H and O–H groups in total. The molecule has 2 aliphatic heterocycles. The first-order valence-electron chi connectivity index (χ1n) is 12.1. The molecule has 0 spiro atoms. The number of nitrogens with zero attached hydrogens (tertiary/aromatic N) is 2. The number of carbonyl (C=O) groups is 2. The van der Waals surface area contributed by atoms with Crippen LogP contribution in [-0.2, 0) is 9.59 Å². The van der Waals surface area contributed by atoms with E-state index in [2.05, 4.69) is 15.5 Å². The molecule has 3 unspecified atom stereocenters. The van der Waals surface area contributed by atoms with Gasteiger partial charge in [0.25, 0.3) is 0 Å². The molecule has 2 amide bonds. The maximum Gasteiger partial charge on any atom is 0.243 e. The van der Waals surface area contributed by atoms with Crippen LogP contribution < -0.4 is 10.6 Å². The molecule has 3 atom stereocenters. The number of hydrogen-bond acceptors (Lipinski definition) is 4. The second-order valence-corrected chi connectivity index (χ2v) is 10.1. The lowest BCUT2D eigenvalue weighted by Gasteiger charge is -2.35. The van der Waals surface area contributed by atoms with Crippen LogP contribution in [0.4, 0.5) is 10.1 Å². The molecule has 2 fully saturated rings. The van der Waals surface area contributed by atoms with Crippen LogP contribution in [0.15, 0.2) is 12.1 Å². The van der Waals surface area contributed by atoms with Crippen LogP contribution in [0, 0.1) is 18.7 Å². The molecule has 2 heterocycles. The van der Waals surface area contributed by atoms with Gasteiger partial charge in [-0.15, -0.1) is 0 Å². The third-order valence-corrected chi connectivity index (χ3v) is 7.54. The SMILES string of the molecule is Cc1ccc(F)c2c1NC(C(=O)NC1CCCN(CC(=O)N(C)C)C1)C2C1CCCCC1. The summed E-state index contributed by atoms with van der Waals surface area (Å²) in [6, 6.07) is 2.91. The number of nitrogens with one attached hydrogen (secondary N) is 2. The lowest BCUT2D eigenvalue weighted by atomic mass is 9.74. The van der Waals surface area contributed by atoms with Crippen molar-refractivity contribution in [3.05, 3.63) is 29.1 Å². The quantitative estimate of drug-likeness (QED) is 0.732. The lowest BCUT2D eigenvalue weighted by molar-refractivity contribution is -0.130. The van der Waals surface area contributed by atoms with E-state index >= 15 is 0 Å². The largest absolute Gasteiger partial charge is 0.373 e. The van der Waals surface area contributed by atoms with Gasteiger partial charge in [0.05, 0.1) is 6.54 Å². The fourth-order valence-electron chi connectivity index (χ4n) is 5.80. The average Bonchev–Trinajstić information content (AvgIpc) is 3.19. The van der Waals surface area contributed by atoms with Gasteiger partial charge in [-0.25, -0.2) is 4.39 Å². The molecule has 4 rings (SSSR count). The zero-order valence-corrected chi connectivity index (χ0v) is 19.6. The fraction of sp³-hybridized carbons (Fsp3) is 0.680. The second kappa shape index (κ2) is 9.77. The summed E-state index contributed by atoms with van der Waals surface area (Å²) >= 11 is 0. The molecule has 0 aromatic heterocycles. The molecule has 32 heavy (non-hydrogen) atoms. The molecular weight excluding hydrogens is 407 g/mol. The minimum atomic E-state index is -0.442. The second-order valence-electron chi connectivity index (χ2n) is 10.1. The van der Waals surface area contributed by atoms with Crippen molar-refractivity contribution in [1.29, 1.82) is 0 Å². The van der Waals surface area contributed by atoms with Crippen LogP contribution in [-0.4, -0.2) is 67.4 Å². The highest BCUT2D eigenvalue weighted by Crippen LogP contribution is 2.48. The predicted molar refractivity (Wildman–Crippen MR) is 124 cm³/mol. The number of fused-ring (bicyclic) bond motifs is 1. The normalized spacial score (nSPS) is 26.3. The van der Waals surface area contributed by atoms with Crippen LogP contribution in [0.25, 0.3) is 0 Å². The summed E-state index contributed by atoms with van der Waals surface area (Å²) in [6.45, 7) is 3.90. The molecule has 176 valence electrons. The third-order valence-electron chi connectivity index (χ3n) is 7.54. The van der Waals surface area contributed by atoms with Crippen LogP contribution >= 0.6 is 0 Å². The minimum Gasteiger partial charge on any atom is -0.373 e. The van der Waals surface area contributed by atoms with Gasteiger partial charge in [0, 0.05) is 43.9 Å². The van der Waals surface area contributed by atoms with Gasteiger partial charge >= 0.3 is 0 Å². The number of carbonyl (C=O) groups excluding carboxylic acids is 2. The molecule has 0 radical (unpaired) electrons. The maximum absolute atomic E-state index is 15.0. The van der Waals surface area contributed by atoms with E-state index in [-0.39, 0.29) is 29.6 Å². The minimum absolute atomic E-state index is 0.00896. The zero-order chi connectivity index (χ0) is 22.8. The lowest BCUT2D eigenvalue weighted by Crippen LogP contribution is -2.53. The number of rotatable bonds is 5. The van der Waals surface area contributed by atoms with Crippen LogP contribution in [0.1, 0.15) is 62.0 Å². The Balaban J connectivity index is 1.49. The Morgan fingerprint density at radius 2 is 1.91 bits per heavy atom. The molecule has 3 aliphatic rings. The van der Waals surface area contributed by atoms with Crippen LogP contribution in [0.5, 0.6) is 0 Å². The number of halogens is 1.